The number of aryl methyl sites for hydroxylation is 1. The minimum atomic E-state index is 0.144. The van der Waals surface area contributed by atoms with Gasteiger partial charge in [0.25, 0.3) is 0 Å². The van der Waals surface area contributed by atoms with E-state index in [1.807, 2.05) is 0 Å². The van der Waals surface area contributed by atoms with Crippen molar-refractivity contribution in [3.05, 3.63) is 50.1 Å². The molecule has 0 aliphatic carbocycles. The Kier molecular flexibility index (Phi) is 4.67. The molecule has 0 spiro atoms. The molecule has 2 aromatic rings. The summed E-state index contributed by atoms with van der Waals surface area (Å²) in [7, 11) is 0. The number of fused-ring (bicyclic) bond motifs is 1. The second-order valence-corrected chi connectivity index (χ2v) is 8.03. The fraction of sp³-hybridized carbons (Fsp3) is 0.412. The molecule has 2 nitrogen and oxygen atoms in total. The molecule has 1 aliphatic heterocycles. The second kappa shape index (κ2) is 6.51. The van der Waals surface area contributed by atoms with Crippen molar-refractivity contribution in [1.29, 1.82) is 0 Å². The molecule has 2 atom stereocenters. The van der Waals surface area contributed by atoms with Gasteiger partial charge in [-0.15, -0.1) is 11.3 Å². The number of nitrogens with one attached hydrogen (secondary N) is 1. The van der Waals surface area contributed by atoms with Gasteiger partial charge in [-0.3, -0.25) is 0 Å². The Morgan fingerprint density at radius 1 is 1.33 bits per heavy atom. The molecule has 0 fully saturated rings. The maximum Gasteiger partial charge on any atom is 0.135 e. The first-order chi connectivity index (χ1) is 10.2. The van der Waals surface area contributed by atoms with Crippen LogP contribution in [0.15, 0.2) is 34.1 Å². The molecule has 4 heteroatoms. The lowest BCUT2D eigenvalue weighted by molar-refractivity contribution is 0.154. The van der Waals surface area contributed by atoms with Crippen LogP contribution < -0.4 is 10.1 Å². The average Bonchev–Trinajstić information content (AvgIpc) is 2.91. The third kappa shape index (κ3) is 3.33. The summed E-state index contributed by atoms with van der Waals surface area (Å²) in [6.07, 6.45) is 2.28. The van der Waals surface area contributed by atoms with Crippen LogP contribution in [0.25, 0.3) is 0 Å². The zero-order valence-corrected chi connectivity index (χ0v) is 14.8. The van der Waals surface area contributed by atoms with Crippen molar-refractivity contribution in [2.45, 2.75) is 38.8 Å². The maximum absolute atomic E-state index is 6.25. The van der Waals surface area contributed by atoms with Crippen molar-refractivity contribution in [2.75, 3.05) is 6.54 Å². The lowest BCUT2D eigenvalue weighted by atomic mass is 9.94. The molecular formula is C17H20BrNOS. The smallest absolute Gasteiger partial charge is 0.135 e. The highest BCUT2D eigenvalue weighted by molar-refractivity contribution is 9.11. The standard InChI is InChI=1S/C17H20BrNOS/c1-3-8-19-13-10-15(16-6-7-17(18)21-16)20-14-5-4-11(2)9-12(13)14/h4-7,9,13,15,19H,3,8,10H2,1-2H3. The normalized spacial score (nSPS) is 20.9. The van der Waals surface area contributed by atoms with E-state index >= 15 is 0 Å². The van der Waals surface area contributed by atoms with Gasteiger partial charge < -0.3 is 10.1 Å². The third-order valence-corrected chi connectivity index (χ3v) is 5.53. The molecular weight excluding hydrogens is 346 g/mol. The number of thiophene rings is 1. The summed E-state index contributed by atoms with van der Waals surface area (Å²) >= 11 is 5.31. The summed E-state index contributed by atoms with van der Waals surface area (Å²) in [4.78, 5) is 1.29. The average molecular weight is 366 g/mol. The third-order valence-electron chi connectivity index (χ3n) is 3.81. The van der Waals surface area contributed by atoms with Gasteiger partial charge in [0.05, 0.1) is 3.79 Å². The van der Waals surface area contributed by atoms with Crippen LogP contribution in [0, 0.1) is 6.92 Å². The van der Waals surface area contributed by atoms with Gasteiger partial charge in [0.2, 0.25) is 0 Å². The number of hydrogen-bond donors (Lipinski definition) is 1. The Labute approximate surface area is 138 Å². The molecule has 1 aromatic heterocycles. The SMILES string of the molecule is CCCNC1CC(c2ccc(Br)s2)Oc2ccc(C)cc21. The Bertz CT molecular complexity index is 625. The van der Waals surface area contributed by atoms with Crippen LogP contribution in [-0.4, -0.2) is 6.54 Å². The molecule has 0 saturated carbocycles. The van der Waals surface area contributed by atoms with Crippen LogP contribution >= 0.6 is 27.3 Å². The predicted octanol–water partition coefficient (Wildman–Crippen LogP) is 5.38. The van der Waals surface area contributed by atoms with E-state index in [0.717, 1.165) is 28.9 Å². The molecule has 3 rings (SSSR count). The van der Waals surface area contributed by atoms with E-state index in [2.05, 4.69) is 65.4 Å². The minimum Gasteiger partial charge on any atom is -0.484 e. The molecule has 0 saturated heterocycles. The predicted molar refractivity (Wildman–Crippen MR) is 92.2 cm³/mol. The largest absolute Gasteiger partial charge is 0.484 e. The molecule has 1 aliphatic rings. The Morgan fingerprint density at radius 2 is 2.19 bits per heavy atom. The highest BCUT2D eigenvalue weighted by Crippen LogP contribution is 2.43. The first-order valence-electron chi connectivity index (χ1n) is 7.43. The quantitative estimate of drug-likeness (QED) is 0.784. The topological polar surface area (TPSA) is 21.3 Å². The van der Waals surface area contributed by atoms with Gasteiger partial charge in [0, 0.05) is 22.9 Å². The monoisotopic (exact) mass is 365 g/mol. The zero-order chi connectivity index (χ0) is 14.8. The Balaban J connectivity index is 1.90. The molecule has 2 heterocycles. The molecule has 2 unspecified atom stereocenters. The Hall–Kier alpha value is -0.840. The van der Waals surface area contributed by atoms with Gasteiger partial charge >= 0.3 is 0 Å². The van der Waals surface area contributed by atoms with Crippen molar-refractivity contribution < 1.29 is 4.74 Å². The summed E-state index contributed by atoms with van der Waals surface area (Å²) in [5.74, 6) is 1.02. The summed E-state index contributed by atoms with van der Waals surface area (Å²) in [5, 5.41) is 3.67. The van der Waals surface area contributed by atoms with E-state index in [4.69, 9.17) is 4.74 Å². The maximum atomic E-state index is 6.25. The molecule has 21 heavy (non-hydrogen) atoms. The summed E-state index contributed by atoms with van der Waals surface area (Å²) < 4.78 is 7.41. The number of benzene rings is 1. The summed E-state index contributed by atoms with van der Waals surface area (Å²) in [6.45, 7) is 5.38. The van der Waals surface area contributed by atoms with Crippen LogP contribution in [0.2, 0.25) is 0 Å². The lowest BCUT2D eigenvalue weighted by Crippen LogP contribution is -2.29. The molecule has 0 amide bonds. The van der Waals surface area contributed by atoms with Gasteiger partial charge in [-0.05, 0) is 54.0 Å². The number of ether oxygens (including phenoxy) is 1. The van der Waals surface area contributed by atoms with Crippen LogP contribution in [0.1, 0.15) is 47.9 Å². The highest BCUT2D eigenvalue weighted by Gasteiger charge is 2.29. The number of rotatable bonds is 4. The van der Waals surface area contributed by atoms with Crippen LogP contribution in [-0.2, 0) is 0 Å². The first-order valence-corrected chi connectivity index (χ1v) is 9.04. The molecule has 0 bridgehead atoms. The van der Waals surface area contributed by atoms with Gasteiger partial charge in [0.1, 0.15) is 11.9 Å². The highest BCUT2D eigenvalue weighted by atomic mass is 79.9. The van der Waals surface area contributed by atoms with Gasteiger partial charge in [-0.2, -0.15) is 0 Å². The van der Waals surface area contributed by atoms with Gasteiger partial charge in [-0.1, -0.05) is 24.6 Å². The van der Waals surface area contributed by atoms with Gasteiger partial charge in [-0.25, -0.2) is 0 Å². The molecule has 1 aromatic carbocycles. The fourth-order valence-electron chi connectivity index (χ4n) is 2.78. The van der Waals surface area contributed by atoms with Crippen molar-refractivity contribution in [2.24, 2.45) is 0 Å². The Morgan fingerprint density at radius 3 is 2.90 bits per heavy atom. The molecule has 1 N–H and O–H groups in total. The molecule has 112 valence electrons. The van der Waals surface area contributed by atoms with E-state index in [9.17, 15) is 0 Å². The van der Waals surface area contributed by atoms with E-state index < -0.39 is 0 Å². The van der Waals surface area contributed by atoms with Crippen LogP contribution in [0.5, 0.6) is 5.75 Å². The van der Waals surface area contributed by atoms with Crippen molar-refractivity contribution in [3.63, 3.8) is 0 Å². The summed E-state index contributed by atoms with van der Waals surface area (Å²) in [6, 6.07) is 11.1. The van der Waals surface area contributed by atoms with Crippen LogP contribution in [0.3, 0.4) is 0 Å². The number of halogens is 1. The minimum absolute atomic E-state index is 0.144. The van der Waals surface area contributed by atoms with Gasteiger partial charge in [0.15, 0.2) is 0 Å². The van der Waals surface area contributed by atoms with E-state index in [-0.39, 0.29) is 6.10 Å². The molecule has 0 radical (unpaired) electrons. The number of hydrogen-bond acceptors (Lipinski definition) is 3. The fourth-order valence-corrected chi connectivity index (χ4v) is 4.24. The van der Waals surface area contributed by atoms with Crippen molar-refractivity contribution in [1.82, 2.24) is 5.32 Å². The van der Waals surface area contributed by atoms with E-state index in [1.54, 1.807) is 11.3 Å². The lowest BCUT2D eigenvalue weighted by Gasteiger charge is -2.32. The van der Waals surface area contributed by atoms with Crippen molar-refractivity contribution in [3.8, 4) is 5.75 Å². The second-order valence-electron chi connectivity index (χ2n) is 5.53. The van der Waals surface area contributed by atoms with Crippen LogP contribution in [0.4, 0.5) is 0 Å². The van der Waals surface area contributed by atoms with Crippen molar-refractivity contribution >= 4 is 27.3 Å². The van der Waals surface area contributed by atoms with E-state index in [1.165, 1.54) is 16.0 Å². The summed E-state index contributed by atoms with van der Waals surface area (Å²) in [5.41, 5.74) is 2.59. The first kappa shape index (κ1) is 15.1. The van der Waals surface area contributed by atoms with E-state index in [0.29, 0.717) is 6.04 Å². The zero-order valence-electron chi connectivity index (χ0n) is 12.4.